The van der Waals surface area contributed by atoms with E-state index >= 15 is 0 Å². The Morgan fingerprint density at radius 3 is 2.42 bits per heavy atom. The molecule has 10 heteroatoms. The lowest BCUT2D eigenvalue weighted by molar-refractivity contribution is -0.139. The van der Waals surface area contributed by atoms with Crippen molar-refractivity contribution in [3.63, 3.8) is 0 Å². The SMILES string of the molecule is O=C(NC1CCN(S(=O)(=O)c2ccccc2C(F)(F)F)CC1)NC12CC3CCCC(C3)(C1)C2. The number of hydrogen-bond donors (Lipinski definition) is 2. The molecule has 1 atom stereocenters. The number of nitrogens with zero attached hydrogens (tertiary/aromatic N) is 1. The Balaban J connectivity index is 1.17. The van der Waals surface area contributed by atoms with Gasteiger partial charge in [-0.25, -0.2) is 13.2 Å². The first-order chi connectivity index (χ1) is 15.5. The van der Waals surface area contributed by atoms with Gasteiger partial charge in [-0.15, -0.1) is 0 Å². The molecule has 6 nitrogen and oxygen atoms in total. The van der Waals surface area contributed by atoms with Gasteiger partial charge in [-0.05, 0) is 68.4 Å². The van der Waals surface area contributed by atoms with Crippen LogP contribution in [0.2, 0.25) is 0 Å². The standard InChI is InChI=1S/C23H30F3N3O3S/c24-23(25,26)18-5-1-2-6-19(18)33(31,32)29-10-7-17(8-11-29)27-20(30)28-22-13-16-4-3-9-21(12-16,14-22)15-22/h1-2,5-6,16-17H,3-4,7-15H2,(H2,27,28,30). The van der Waals surface area contributed by atoms with Crippen LogP contribution in [0.5, 0.6) is 0 Å². The van der Waals surface area contributed by atoms with E-state index in [0.717, 1.165) is 35.7 Å². The second kappa shape index (κ2) is 7.86. The number of carbonyl (C=O) groups excluding carboxylic acids is 1. The van der Waals surface area contributed by atoms with E-state index in [1.165, 1.54) is 37.8 Å². The van der Waals surface area contributed by atoms with Crippen LogP contribution in [0.3, 0.4) is 0 Å². The maximum atomic E-state index is 13.3. The fourth-order valence-corrected chi connectivity index (χ4v) is 8.75. The summed E-state index contributed by atoms with van der Waals surface area (Å²) in [5.74, 6) is 0.703. The molecule has 0 radical (unpaired) electrons. The lowest BCUT2D eigenvalue weighted by Crippen LogP contribution is -2.68. The minimum atomic E-state index is -4.75. The van der Waals surface area contributed by atoms with Crippen LogP contribution in [0.1, 0.15) is 63.4 Å². The summed E-state index contributed by atoms with van der Waals surface area (Å²) in [6, 6.07) is 3.84. The van der Waals surface area contributed by atoms with Gasteiger partial charge in [0.25, 0.3) is 0 Å². The average molecular weight is 486 g/mol. The van der Waals surface area contributed by atoms with Gasteiger partial charge >= 0.3 is 12.2 Å². The van der Waals surface area contributed by atoms with Gasteiger partial charge in [0.1, 0.15) is 0 Å². The van der Waals surface area contributed by atoms with Crippen LogP contribution >= 0.6 is 0 Å². The van der Waals surface area contributed by atoms with Crippen molar-refractivity contribution in [1.29, 1.82) is 0 Å². The zero-order chi connectivity index (χ0) is 23.5. The van der Waals surface area contributed by atoms with Crippen LogP contribution in [0.4, 0.5) is 18.0 Å². The highest BCUT2D eigenvalue weighted by atomic mass is 32.2. The molecule has 33 heavy (non-hydrogen) atoms. The van der Waals surface area contributed by atoms with E-state index in [1.54, 1.807) is 0 Å². The number of piperidine rings is 1. The third-order valence-electron chi connectivity index (χ3n) is 8.13. The van der Waals surface area contributed by atoms with E-state index in [4.69, 9.17) is 0 Å². The number of sulfonamides is 1. The maximum Gasteiger partial charge on any atom is 0.417 e. The van der Waals surface area contributed by atoms with Crippen molar-refractivity contribution in [2.24, 2.45) is 11.3 Å². The van der Waals surface area contributed by atoms with E-state index in [1.807, 2.05) is 0 Å². The molecule has 4 aliphatic carbocycles. The normalized spacial score (nSPS) is 32.6. The molecule has 1 saturated heterocycles. The molecule has 1 heterocycles. The van der Waals surface area contributed by atoms with Crippen molar-refractivity contribution < 1.29 is 26.4 Å². The minimum Gasteiger partial charge on any atom is -0.335 e. The average Bonchev–Trinajstić information content (AvgIpc) is 2.72. The Labute approximate surface area is 192 Å². The molecule has 6 rings (SSSR count). The minimum absolute atomic E-state index is 0.0653. The number of alkyl halides is 3. The van der Waals surface area contributed by atoms with Gasteiger partial charge in [0.2, 0.25) is 10.0 Å². The summed E-state index contributed by atoms with van der Waals surface area (Å²) in [6.07, 6.45) is 4.22. The Morgan fingerprint density at radius 2 is 1.76 bits per heavy atom. The first-order valence-electron chi connectivity index (χ1n) is 11.8. The van der Waals surface area contributed by atoms with Gasteiger partial charge in [-0.1, -0.05) is 25.0 Å². The van der Waals surface area contributed by atoms with Gasteiger partial charge in [-0.3, -0.25) is 0 Å². The van der Waals surface area contributed by atoms with Crippen LogP contribution in [0.25, 0.3) is 0 Å². The summed E-state index contributed by atoms with van der Waals surface area (Å²) >= 11 is 0. The number of amides is 2. The maximum absolute atomic E-state index is 13.3. The predicted octanol–water partition coefficient (Wildman–Crippen LogP) is 4.27. The van der Waals surface area contributed by atoms with Crippen molar-refractivity contribution in [2.75, 3.05) is 13.1 Å². The molecule has 1 unspecified atom stereocenters. The molecule has 5 fully saturated rings. The van der Waals surface area contributed by atoms with Crippen LogP contribution in [-0.4, -0.2) is 43.4 Å². The van der Waals surface area contributed by atoms with Gasteiger partial charge in [0.05, 0.1) is 10.5 Å². The van der Waals surface area contributed by atoms with Crippen molar-refractivity contribution in [1.82, 2.24) is 14.9 Å². The van der Waals surface area contributed by atoms with E-state index in [9.17, 15) is 26.4 Å². The largest absolute Gasteiger partial charge is 0.417 e. The molecule has 2 amide bonds. The van der Waals surface area contributed by atoms with Crippen LogP contribution in [0, 0.1) is 11.3 Å². The second-order valence-electron chi connectivity index (χ2n) is 10.6. The summed E-state index contributed by atoms with van der Waals surface area (Å²) < 4.78 is 66.9. The van der Waals surface area contributed by atoms with Gasteiger partial charge in [-0.2, -0.15) is 17.5 Å². The first-order valence-corrected chi connectivity index (χ1v) is 13.2. The third-order valence-corrected chi connectivity index (χ3v) is 10.1. The van der Waals surface area contributed by atoms with Crippen LogP contribution in [-0.2, 0) is 16.2 Å². The molecule has 3 bridgehead atoms. The number of rotatable bonds is 4. The Morgan fingerprint density at radius 1 is 1.06 bits per heavy atom. The zero-order valence-electron chi connectivity index (χ0n) is 18.5. The van der Waals surface area contributed by atoms with Crippen LogP contribution in [0.15, 0.2) is 29.2 Å². The molecular formula is C23H30F3N3O3S. The summed E-state index contributed by atoms with van der Waals surface area (Å²) in [6.45, 7) is 0.131. The molecular weight excluding hydrogens is 455 g/mol. The predicted molar refractivity (Wildman–Crippen MR) is 116 cm³/mol. The summed E-state index contributed by atoms with van der Waals surface area (Å²) in [5, 5.41) is 6.19. The molecule has 1 aromatic carbocycles. The molecule has 5 aliphatic rings. The Hall–Kier alpha value is -1.81. The highest BCUT2D eigenvalue weighted by Crippen LogP contribution is 2.65. The monoisotopic (exact) mass is 485 g/mol. The third kappa shape index (κ3) is 4.24. The smallest absolute Gasteiger partial charge is 0.335 e. The van der Waals surface area contributed by atoms with E-state index in [-0.39, 0.29) is 30.7 Å². The topological polar surface area (TPSA) is 78.5 Å². The number of hydrogen-bond acceptors (Lipinski definition) is 3. The highest BCUT2D eigenvalue weighted by Gasteiger charge is 2.61. The number of benzene rings is 1. The van der Waals surface area contributed by atoms with Crippen molar-refractivity contribution in [2.45, 2.75) is 80.4 Å². The molecule has 1 spiro atoms. The fraction of sp³-hybridized carbons (Fsp3) is 0.696. The molecule has 2 N–H and O–H groups in total. The number of nitrogens with one attached hydrogen (secondary N) is 2. The van der Waals surface area contributed by atoms with Gasteiger partial charge < -0.3 is 10.6 Å². The zero-order valence-corrected chi connectivity index (χ0v) is 19.3. The van der Waals surface area contributed by atoms with Gasteiger partial charge in [0.15, 0.2) is 0 Å². The molecule has 0 aromatic heterocycles. The number of urea groups is 1. The summed E-state index contributed by atoms with van der Waals surface area (Å²) in [5.41, 5.74) is -0.820. The Bertz CT molecular complexity index is 1020. The second-order valence-corrected chi connectivity index (χ2v) is 12.5. The van der Waals surface area contributed by atoms with E-state index in [0.29, 0.717) is 24.2 Å². The molecule has 4 saturated carbocycles. The summed E-state index contributed by atoms with van der Waals surface area (Å²) in [4.78, 5) is 12.0. The van der Waals surface area contributed by atoms with E-state index in [2.05, 4.69) is 10.6 Å². The number of halogens is 3. The first kappa shape index (κ1) is 23.0. The quantitative estimate of drug-likeness (QED) is 0.669. The van der Waals surface area contributed by atoms with Crippen LogP contribution < -0.4 is 10.6 Å². The van der Waals surface area contributed by atoms with Crippen molar-refractivity contribution in [3.05, 3.63) is 29.8 Å². The van der Waals surface area contributed by atoms with E-state index < -0.39 is 26.7 Å². The van der Waals surface area contributed by atoms with Crippen molar-refractivity contribution >= 4 is 16.1 Å². The molecule has 182 valence electrons. The van der Waals surface area contributed by atoms with Gasteiger partial charge in [0, 0.05) is 24.7 Å². The highest BCUT2D eigenvalue weighted by molar-refractivity contribution is 7.89. The molecule has 1 aliphatic heterocycles. The lowest BCUT2D eigenvalue weighted by atomic mass is 9.43. The lowest BCUT2D eigenvalue weighted by Gasteiger charge is -2.65. The Kier molecular flexibility index (Phi) is 5.47. The summed E-state index contributed by atoms with van der Waals surface area (Å²) in [7, 11) is -4.28. The van der Waals surface area contributed by atoms with Crippen molar-refractivity contribution in [3.8, 4) is 0 Å². The fourth-order valence-electron chi connectivity index (χ4n) is 7.07. The number of carbonyl (C=O) groups is 1. The molecule has 1 aromatic rings.